The summed E-state index contributed by atoms with van der Waals surface area (Å²) in [6.07, 6.45) is 3.34. The lowest BCUT2D eigenvalue weighted by Crippen LogP contribution is -2.41. The van der Waals surface area contributed by atoms with Crippen LogP contribution >= 0.6 is 0 Å². The molecule has 2 amide bonds. The summed E-state index contributed by atoms with van der Waals surface area (Å²) in [4.78, 5) is 11.2. The van der Waals surface area contributed by atoms with Crippen molar-refractivity contribution in [1.29, 1.82) is 0 Å². The van der Waals surface area contributed by atoms with Gasteiger partial charge in [-0.2, -0.15) is 0 Å². The van der Waals surface area contributed by atoms with E-state index in [0.29, 0.717) is 5.92 Å². The first-order chi connectivity index (χ1) is 6.83. The lowest BCUT2D eigenvalue weighted by atomic mass is 9.98. The number of amides is 2. The SMILES string of the molecule is CCCNC(=O)NCC1CCNCC1. The largest absolute Gasteiger partial charge is 0.338 e. The summed E-state index contributed by atoms with van der Waals surface area (Å²) in [6, 6.07) is -0.0228. The van der Waals surface area contributed by atoms with Gasteiger partial charge < -0.3 is 16.0 Å². The highest BCUT2D eigenvalue weighted by molar-refractivity contribution is 5.73. The monoisotopic (exact) mass is 199 g/mol. The van der Waals surface area contributed by atoms with Gasteiger partial charge in [-0.3, -0.25) is 0 Å². The standard InChI is InChI=1S/C10H21N3O/c1-2-5-12-10(14)13-8-9-3-6-11-7-4-9/h9,11H,2-8H2,1H3,(H2,12,13,14). The summed E-state index contributed by atoms with van der Waals surface area (Å²) in [5.74, 6) is 0.656. The Labute approximate surface area is 85.8 Å². The molecule has 1 fully saturated rings. The highest BCUT2D eigenvalue weighted by Crippen LogP contribution is 2.09. The topological polar surface area (TPSA) is 53.2 Å². The van der Waals surface area contributed by atoms with Gasteiger partial charge in [0.2, 0.25) is 0 Å². The molecule has 1 rings (SSSR count). The maximum absolute atomic E-state index is 11.2. The van der Waals surface area contributed by atoms with Crippen molar-refractivity contribution in [3.8, 4) is 0 Å². The van der Waals surface area contributed by atoms with Crippen molar-refractivity contribution in [3.63, 3.8) is 0 Å². The number of rotatable bonds is 4. The van der Waals surface area contributed by atoms with Gasteiger partial charge in [-0.1, -0.05) is 6.92 Å². The van der Waals surface area contributed by atoms with Crippen molar-refractivity contribution < 1.29 is 4.79 Å². The van der Waals surface area contributed by atoms with Gasteiger partial charge in [0.25, 0.3) is 0 Å². The summed E-state index contributed by atoms with van der Waals surface area (Å²) in [5.41, 5.74) is 0. The summed E-state index contributed by atoms with van der Waals surface area (Å²) in [7, 11) is 0. The number of carbonyl (C=O) groups excluding carboxylic acids is 1. The van der Waals surface area contributed by atoms with Crippen LogP contribution in [-0.2, 0) is 0 Å². The fourth-order valence-electron chi connectivity index (χ4n) is 1.62. The maximum Gasteiger partial charge on any atom is 0.314 e. The van der Waals surface area contributed by atoms with Crippen LogP contribution in [0.25, 0.3) is 0 Å². The molecule has 1 aliphatic rings. The van der Waals surface area contributed by atoms with Crippen LogP contribution in [-0.4, -0.2) is 32.2 Å². The van der Waals surface area contributed by atoms with E-state index in [4.69, 9.17) is 0 Å². The third-order valence-corrected chi connectivity index (χ3v) is 2.55. The van der Waals surface area contributed by atoms with E-state index >= 15 is 0 Å². The van der Waals surface area contributed by atoms with E-state index in [-0.39, 0.29) is 6.03 Å². The summed E-state index contributed by atoms with van der Waals surface area (Å²) in [5, 5.41) is 9.02. The molecule has 1 heterocycles. The summed E-state index contributed by atoms with van der Waals surface area (Å²) < 4.78 is 0. The Hall–Kier alpha value is -0.770. The van der Waals surface area contributed by atoms with Gasteiger partial charge in [-0.15, -0.1) is 0 Å². The second-order valence-electron chi connectivity index (χ2n) is 3.83. The zero-order chi connectivity index (χ0) is 10.2. The Morgan fingerprint density at radius 2 is 2.07 bits per heavy atom. The number of piperidine rings is 1. The smallest absolute Gasteiger partial charge is 0.314 e. The van der Waals surface area contributed by atoms with Gasteiger partial charge in [-0.05, 0) is 38.3 Å². The Bertz CT molecular complexity index is 167. The van der Waals surface area contributed by atoms with Crippen LogP contribution in [0.15, 0.2) is 0 Å². The Kier molecular flexibility index (Phi) is 5.37. The van der Waals surface area contributed by atoms with Gasteiger partial charge in [0.1, 0.15) is 0 Å². The van der Waals surface area contributed by atoms with E-state index in [1.165, 1.54) is 12.8 Å². The van der Waals surface area contributed by atoms with Crippen LogP contribution in [0.3, 0.4) is 0 Å². The zero-order valence-corrected chi connectivity index (χ0v) is 8.94. The van der Waals surface area contributed by atoms with E-state index < -0.39 is 0 Å². The second-order valence-corrected chi connectivity index (χ2v) is 3.83. The van der Waals surface area contributed by atoms with E-state index in [9.17, 15) is 4.79 Å². The van der Waals surface area contributed by atoms with Crippen LogP contribution in [0.1, 0.15) is 26.2 Å². The van der Waals surface area contributed by atoms with Crippen LogP contribution in [0.5, 0.6) is 0 Å². The van der Waals surface area contributed by atoms with Crippen molar-refractivity contribution in [2.24, 2.45) is 5.92 Å². The van der Waals surface area contributed by atoms with Crippen LogP contribution in [0, 0.1) is 5.92 Å². The first-order valence-electron chi connectivity index (χ1n) is 5.55. The fraction of sp³-hybridized carbons (Fsp3) is 0.900. The first kappa shape index (κ1) is 11.3. The Balaban J connectivity index is 2.03. The lowest BCUT2D eigenvalue weighted by molar-refractivity contribution is 0.237. The average molecular weight is 199 g/mol. The lowest BCUT2D eigenvalue weighted by Gasteiger charge is -2.22. The van der Waals surface area contributed by atoms with Crippen LogP contribution in [0.2, 0.25) is 0 Å². The molecule has 1 saturated heterocycles. The maximum atomic E-state index is 11.2. The molecule has 0 aromatic carbocycles. The van der Waals surface area contributed by atoms with Gasteiger partial charge >= 0.3 is 6.03 Å². The van der Waals surface area contributed by atoms with Crippen molar-refractivity contribution >= 4 is 6.03 Å². The minimum atomic E-state index is -0.0228. The number of nitrogens with one attached hydrogen (secondary N) is 3. The molecular formula is C10H21N3O. The van der Waals surface area contributed by atoms with E-state index in [1.807, 2.05) is 6.92 Å². The molecule has 0 unspecified atom stereocenters. The molecule has 0 saturated carbocycles. The molecule has 4 nitrogen and oxygen atoms in total. The summed E-state index contributed by atoms with van der Waals surface area (Å²) in [6.45, 7) is 5.80. The van der Waals surface area contributed by atoms with Crippen molar-refractivity contribution in [2.45, 2.75) is 26.2 Å². The van der Waals surface area contributed by atoms with Gasteiger partial charge in [0.05, 0.1) is 0 Å². The molecule has 0 radical (unpaired) electrons. The molecule has 0 atom stereocenters. The Morgan fingerprint density at radius 1 is 1.36 bits per heavy atom. The van der Waals surface area contributed by atoms with Gasteiger partial charge in [0.15, 0.2) is 0 Å². The van der Waals surface area contributed by atoms with Crippen LogP contribution < -0.4 is 16.0 Å². The molecule has 0 aromatic rings. The van der Waals surface area contributed by atoms with Crippen molar-refractivity contribution in [1.82, 2.24) is 16.0 Å². The number of carbonyl (C=O) groups is 1. The van der Waals surface area contributed by atoms with E-state index in [1.54, 1.807) is 0 Å². The molecule has 1 aliphatic heterocycles. The number of hydrogen-bond acceptors (Lipinski definition) is 2. The average Bonchev–Trinajstić information content (AvgIpc) is 2.25. The molecule has 14 heavy (non-hydrogen) atoms. The molecular weight excluding hydrogens is 178 g/mol. The molecule has 0 aromatic heterocycles. The minimum Gasteiger partial charge on any atom is -0.338 e. The zero-order valence-electron chi connectivity index (χ0n) is 8.94. The molecule has 82 valence electrons. The van der Waals surface area contributed by atoms with E-state index in [2.05, 4.69) is 16.0 Å². The third-order valence-electron chi connectivity index (χ3n) is 2.55. The molecule has 3 N–H and O–H groups in total. The highest BCUT2D eigenvalue weighted by atomic mass is 16.2. The van der Waals surface area contributed by atoms with Gasteiger partial charge in [-0.25, -0.2) is 4.79 Å². The second kappa shape index (κ2) is 6.65. The van der Waals surface area contributed by atoms with Crippen LogP contribution in [0.4, 0.5) is 4.79 Å². The quantitative estimate of drug-likeness (QED) is 0.624. The van der Waals surface area contributed by atoms with Crippen molar-refractivity contribution in [2.75, 3.05) is 26.2 Å². The predicted octanol–water partition coefficient (Wildman–Crippen LogP) is 0.695. The normalized spacial score (nSPS) is 17.8. The molecule has 0 bridgehead atoms. The highest BCUT2D eigenvalue weighted by Gasteiger charge is 2.13. The van der Waals surface area contributed by atoms with Gasteiger partial charge in [0, 0.05) is 13.1 Å². The van der Waals surface area contributed by atoms with Crippen molar-refractivity contribution in [3.05, 3.63) is 0 Å². The fourth-order valence-corrected chi connectivity index (χ4v) is 1.62. The third kappa shape index (κ3) is 4.46. The number of hydrogen-bond donors (Lipinski definition) is 3. The minimum absolute atomic E-state index is 0.0228. The first-order valence-corrected chi connectivity index (χ1v) is 5.55. The molecule has 0 aliphatic carbocycles. The predicted molar refractivity (Wildman–Crippen MR) is 57.3 cm³/mol. The van der Waals surface area contributed by atoms with E-state index in [0.717, 1.165) is 32.6 Å². The Morgan fingerprint density at radius 3 is 2.71 bits per heavy atom. The number of urea groups is 1. The molecule has 4 heteroatoms. The molecule has 0 spiro atoms. The summed E-state index contributed by atoms with van der Waals surface area (Å²) >= 11 is 0.